The first-order chi connectivity index (χ1) is 19.0. The van der Waals surface area contributed by atoms with Gasteiger partial charge in [0.15, 0.2) is 18.9 Å². The van der Waals surface area contributed by atoms with E-state index in [0.29, 0.717) is 49.4 Å². The van der Waals surface area contributed by atoms with Gasteiger partial charge in [-0.3, -0.25) is 4.79 Å². The molecule has 0 bridgehead atoms. The molecule has 40 heavy (non-hydrogen) atoms. The molecule has 1 fully saturated rings. The van der Waals surface area contributed by atoms with E-state index in [-0.39, 0.29) is 27.6 Å². The number of ether oxygens (including phenoxy) is 1. The van der Waals surface area contributed by atoms with Gasteiger partial charge >= 0.3 is 0 Å². The topological polar surface area (TPSA) is 105 Å². The highest BCUT2D eigenvalue weighted by Gasteiger charge is 2.28. The van der Waals surface area contributed by atoms with E-state index in [1.165, 1.54) is 25.4 Å². The predicted octanol–water partition coefficient (Wildman–Crippen LogP) is 2.41. The fourth-order valence-corrected chi connectivity index (χ4v) is 4.82. The molecule has 0 unspecified atom stereocenters. The Morgan fingerprint density at radius 1 is 1.25 bits per heavy atom. The number of nitrogen functional groups attached to an aromatic ring is 1. The minimum absolute atomic E-state index is 0.0330. The van der Waals surface area contributed by atoms with Crippen LogP contribution in [0.25, 0.3) is 5.69 Å². The van der Waals surface area contributed by atoms with Crippen LogP contribution in [0.5, 0.6) is 5.75 Å². The number of halogens is 3. The number of nitrogens with one attached hydrogen (secondary N) is 1. The summed E-state index contributed by atoms with van der Waals surface area (Å²) < 4.78 is 38.1. The predicted molar refractivity (Wildman–Crippen MR) is 155 cm³/mol. The minimum atomic E-state index is -0.985. The van der Waals surface area contributed by atoms with Gasteiger partial charge in [0.05, 0.1) is 29.1 Å². The van der Waals surface area contributed by atoms with E-state index in [1.807, 2.05) is 38.2 Å². The Labute approximate surface area is 238 Å². The van der Waals surface area contributed by atoms with Crippen LogP contribution in [0, 0.1) is 18.6 Å². The molecule has 3 aromatic rings. The number of aromatic nitrogens is 3. The number of nitrogens with zero attached hydrogens (tertiary/aromatic N) is 6. The van der Waals surface area contributed by atoms with Crippen LogP contribution in [-0.4, -0.2) is 99.0 Å². The number of piperazine rings is 1. The van der Waals surface area contributed by atoms with Crippen LogP contribution in [0.1, 0.15) is 15.9 Å². The minimum Gasteiger partial charge on any atom is -0.494 e. The Morgan fingerprint density at radius 3 is 2.60 bits per heavy atom. The maximum atomic E-state index is 16.3. The summed E-state index contributed by atoms with van der Waals surface area (Å²) >= 11 is 6.48. The summed E-state index contributed by atoms with van der Waals surface area (Å²) in [5.74, 6) is -2.18. The number of methoxy groups -OCH3 is 1. The van der Waals surface area contributed by atoms with E-state index in [9.17, 15) is 4.79 Å². The average Bonchev–Trinajstić information content (AvgIpc) is 3.36. The van der Waals surface area contributed by atoms with Crippen LogP contribution in [0.15, 0.2) is 18.3 Å². The van der Waals surface area contributed by atoms with E-state index in [2.05, 4.69) is 20.5 Å². The first-order valence-electron chi connectivity index (χ1n) is 12.8. The fourth-order valence-electron chi connectivity index (χ4n) is 4.59. The molecule has 0 saturated carbocycles. The third kappa shape index (κ3) is 6.16. The quantitative estimate of drug-likeness (QED) is 0.297. The zero-order chi connectivity index (χ0) is 29.1. The molecule has 3 N–H and O–H groups in total. The van der Waals surface area contributed by atoms with E-state index in [1.54, 1.807) is 6.92 Å². The van der Waals surface area contributed by atoms with Crippen LogP contribution in [0.3, 0.4) is 0 Å². The summed E-state index contributed by atoms with van der Waals surface area (Å²) in [5.41, 5.74) is 6.82. The lowest BCUT2D eigenvalue weighted by atomic mass is 9.71. The first-order valence-corrected chi connectivity index (χ1v) is 13.2. The lowest BCUT2D eigenvalue weighted by molar-refractivity contribution is 0.102. The molecular weight excluding hydrogens is 541 g/mol. The molecule has 0 spiro atoms. The molecule has 1 saturated heterocycles. The van der Waals surface area contributed by atoms with Gasteiger partial charge in [-0.05, 0) is 40.7 Å². The van der Waals surface area contributed by atoms with Gasteiger partial charge in [0.2, 0.25) is 0 Å². The molecule has 10 nitrogen and oxygen atoms in total. The summed E-state index contributed by atoms with van der Waals surface area (Å²) in [6.45, 7) is 4.85. The lowest BCUT2D eigenvalue weighted by Crippen LogP contribution is -2.45. The number of hydrogen-bond acceptors (Lipinski definition) is 8. The van der Waals surface area contributed by atoms with Crippen LogP contribution in [0.2, 0.25) is 11.3 Å². The summed E-state index contributed by atoms with van der Waals surface area (Å²) in [5, 5.41) is 10.7. The second kappa shape index (κ2) is 12.4. The van der Waals surface area contributed by atoms with E-state index in [0.717, 1.165) is 11.2 Å². The van der Waals surface area contributed by atoms with Crippen molar-refractivity contribution in [2.45, 2.75) is 13.2 Å². The van der Waals surface area contributed by atoms with Gasteiger partial charge in [-0.1, -0.05) is 23.1 Å². The maximum Gasteiger partial charge on any atom is 0.257 e. The van der Waals surface area contributed by atoms with Crippen molar-refractivity contribution < 1.29 is 18.3 Å². The van der Waals surface area contributed by atoms with E-state index in [4.69, 9.17) is 22.1 Å². The van der Waals surface area contributed by atoms with Gasteiger partial charge in [-0.25, -0.2) is 13.5 Å². The van der Waals surface area contributed by atoms with Crippen LogP contribution in [-0.2, 0) is 0 Å². The Hall–Kier alpha value is -3.42. The highest BCUT2D eigenvalue weighted by atomic mass is 35.5. The highest BCUT2D eigenvalue weighted by Crippen LogP contribution is 2.38. The van der Waals surface area contributed by atoms with E-state index < -0.39 is 23.2 Å². The van der Waals surface area contributed by atoms with Crippen molar-refractivity contribution in [1.82, 2.24) is 24.8 Å². The Balaban J connectivity index is 1.75. The molecule has 2 heterocycles. The Bertz CT molecular complexity index is 1400. The molecular formula is C26H33BClF2N8O2. The van der Waals surface area contributed by atoms with Crippen molar-refractivity contribution in [3.8, 4) is 11.4 Å². The second-order valence-electron chi connectivity index (χ2n) is 10.0. The Kier molecular flexibility index (Phi) is 9.17. The van der Waals surface area contributed by atoms with Gasteiger partial charge < -0.3 is 30.5 Å². The molecule has 2 aromatic carbocycles. The van der Waals surface area contributed by atoms with Crippen molar-refractivity contribution in [1.29, 1.82) is 0 Å². The number of nitrogens with two attached hydrogens (primary N) is 1. The number of benzene rings is 2. The summed E-state index contributed by atoms with van der Waals surface area (Å²) in [7, 11) is 9.14. The van der Waals surface area contributed by atoms with Gasteiger partial charge in [-0.15, -0.1) is 5.10 Å². The highest BCUT2D eigenvalue weighted by molar-refractivity contribution is 6.52. The summed E-state index contributed by atoms with van der Waals surface area (Å²) in [6, 6.07) is 2.58. The number of carbonyl (C=O) groups is 1. The van der Waals surface area contributed by atoms with Gasteiger partial charge in [-0.2, -0.15) is 0 Å². The normalized spacial score (nSPS) is 14.1. The van der Waals surface area contributed by atoms with Gasteiger partial charge in [0, 0.05) is 49.6 Å². The number of amides is 1. The number of carbonyl (C=O) groups excluding carboxylic acids is 1. The maximum absolute atomic E-state index is 16.3. The zero-order valence-electron chi connectivity index (χ0n) is 23.3. The molecule has 14 heteroatoms. The second-order valence-corrected chi connectivity index (χ2v) is 10.4. The first kappa shape index (κ1) is 29.6. The number of anilines is 3. The molecule has 1 aliphatic heterocycles. The van der Waals surface area contributed by atoms with Crippen molar-refractivity contribution in [2.24, 2.45) is 0 Å². The fraction of sp³-hybridized carbons (Fsp3) is 0.423. The molecule has 0 aliphatic carbocycles. The van der Waals surface area contributed by atoms with Crippen molar-refractivity contribution in [3.63, 3.8) is 0 Å². The zero-order valence-corrected chi connectivity index (χ0v) is 24.0. The van der Waals surface area contributed by atoms with Crippen LogP contribution >= 0.6 is 11.6 Å². The molecule has 4 rings (SSSR count). The van der Waals surface area contributed by atoms with Crippen LogP contribution in [0.4, 0.5) is 25.8 Å². The van der Waals surface area contributed by atoms with Gasteiger partial charge in [0.25, 0.3) is 5.91 Å². The summed E-state index contributed by atoms with van der Waals surface area (Å²) in [4.78, 5) is 19.4. The molecule has 1 aromatic heterocycles. The largest absolute Gasteiger partial charge is 0.494 e. The monoisotopic (exact) mass is 573 g/mol. The average molecular weight is 574 g/mol. The lowest BCUT2D eigenvalue weighted by Gasteiger charge is -2.35. The van der Waals surface area contributed by atoms with Crippen LogP contribution < -0.4 is 26.3 Å². The Morgan fingerprint density at radius 2 is 1.95 bits per heavy atom. The smallest absolute Gasteiger partial charge is 0.257 e. The number of likely N-dealkylation sites (N-methyl/N-ethyl adjacent to an activating group) is 1. The summed E-state index contributed by atoms with van der Waals surface area (Å²) in [6.07, 6.45) is 2.13. The standard InChI is InChI=1S/C26H33BClF2N8O2/c1-15-21(28)16(12-18(31)25(15)40-5)26(39)32-23-19(37-10-8-36(4)9-11-37)13-17(29)24(22(23)30)38-14-20(33-34-38)27-6-7-35(2)3/h12-14H,6-11,31H2,1-5H3,(H,32,39). The third-order valence-electron chi connectivity index (χ3n) is 6.84. The molecule has 0 atom stereocenters. The molecule has 213 valence electrons. The number of rotatable bonds is 9. The van der Waals surface area contributed by atoms with Crippen molar-refractivity contribution in [2.75, 3.05) is 76.9 Å². The van der Waals surface area contributed by atoms with Gasteiger partial charge in [0.1, 0.15) is 17.1 Å². The molecule has 1 aliphatic rings. The molecule has 1 amide bonds. The SMILES string of the molecule is COc1c(N)cc(C(=O)Nc2c(N3CCN(C)CC3)cc(F)c(-n3cc([B]CCN(C)C)nn3)c2F)c(Cl)c1C. The van der Waals surface area contributed by atoms with Crippen molar-refractivity contribution in [3.05, 3.63) is 46.1 Å². The van der Waals surface area contributed by atoms with Crippen molar-refractivity contribution >= 4 is 47.4 Å². The third-order valence-corrected chi connectivity index (χ3v) is 7.33. The van der Waals surface area contributed by atoms with E-state index >= 15 is 8.78 Å². The number of hydrogen-bond donors (Lipinski definition) is 2. The molecule has 1 radical (unpaired) electrons.